The Morgan fingerprint density at radius 1 is 1.29 bits per heavy atom. The Hall–Kier alpha value is -0.120. The van der Waals surface area contributed by atoms with Crippen molar-refractivity contribution in [2.24, 2.45) is 17.8 Å². The van der Waals surface area contributed by atoms with E-state index in [4.69, 9.17) is 0 Å². The Kier molecular flexibility index (Phi) is 6.45. The van der Waals surface area contributed by atoms with Crippen molar-refractivity contribution in [3.63, 3.8) is 0 Å². The first kappa shape index (κ1) is 14.9. The van der Waals surface area contributed by atoms with Crippen molar-refractivity contribution >= 4 is 0 Å². The fourth-order valence-electron chi connectivity index (χ4n) is 3.31. The Balaban J connectivity index is 2.66. The summed E-state index contributed by atoms with van der Waals surface area (Å²) < 4.78 is 0. The van der Waals surface area contributed by atoms with Gasteiger partial charge in [-0.25, -0.2) is 0 Å². The van der Waals surface area contributed by atoms with Gasteiger partial charge in [-0.1, -0.05) is 13.8 Å². The summed E-state index contributed by atoms with van der Waals surface area (Å²) in [7, 11) is 6.45. The van der Waals surface area contributed by atoms with E-state index in [-0.39, 0.29) is 0 Å². The molecule has 3 nitrogen and oxygen atoms in total. The lowest BCUT2D eigenvalue weighted by molar-refractivity contribution is 0.130. The number of piperidine rings is 1. The molecular weight excluding hydrogens is 210 g/mol. The smallest absolute Gasteiger partial charge is 0.0147 e. The molecule has 2 N–H and O–H groups in total. The second kappa shape index (κ2) is 7.34. The van der Waals surface area contributed by atoms with Crippen molar-refractivity contribution in [3.8, 4) is 0 Å². The molecule has 0 aromatic heterocycles. The van der Waals surface area contributed by atoms with Gasteiger partial charge in [-0.2, -0.15) is 0 Å². The molecule has 0 saturated carbocycles. The van der Waals surface area contributed by atoms with Gasteiger partial charge in [0.15, 0.2) is 0 Å². The molecule has 3 atom stereocenters. The van der Waals surface area contributed by atoms with E-state index in [9.17, 15) is 0 Å². The zero-order chi connectivity index (χ0) is 12.8. The maximum atomic E-state index is 3.59. The SMILES string of the molecule is CNCC(C(C)C)C(NC)C1CCCN(C)C1. The maximum Gasteiger partial charge on any atom is 0.0147 e. The highest BCUT2D eigenvalue weighted by Crippen LogP contribution is 2.26. The summed E-state index contributed by atoms with van der Waals surface area (Å²) in [5.41, 5.74) is 0. The fraction of sp³-hybridized carbons (Fsp3) is 1.00. The number of nitrogens with one attached hydrogen (secondary N) is 2. The van der Waals surface area contributed by atoms with Crippen molar-refractivity contribution in [2.45, 2.75) is 32.7 Å². The summed E-state index contributed by atoms with van der Waals surface area (Å²) in [6.45, 7) is 8.32. The van der Waals surface area contributed by atoms with E-state index in [0.29, 0.717) is 6.04 Å². The first-order valence-corrected chi connectivity index (χ1v) is 7.10. The lowest BCUT2D eigenvalue weighted by Gasteiger charge is -2.40. The normalized spacial score (nSPS) is 26.1. The van der Waals surface area contributed by atoms with Crippen LogP contribution in [0.3, 0.4) is 0 Å². The van der Waals surface area contributed by atoms with Crippen molar-refractivity contribution in [3.05, 3.63) is 0 Å². The molecule has 0 aromatic rings. The third-order valence-corrected chi connectivity index (χ3v) is 4.26. The molecule has 0 bridgehead atoms. The third-order valence-electron chi connectivity index (χ3n) is 4.26. The highest BCUT2D eigenvalue weighted by Gasteiger charge is 2.31. The molecule has 3 heteroatoms. The molecule has 1 heterocycles. The van der Waals surface area contributed by atoms with Crippen LogP contribution in [0.4, 0.5) is 0 Å². The van der Waals surface area contributed by atoms with E-state index in [1.54, 1.807) is 0 Å². The summed E-state index contributed by atoms with van der Waals surface area (Å²) in [5, 5.41) is 6.95. The number of likely N-dealkylation sites (tertiary alicyclic amines) is 1. The van der Waals surface area contributed by atoms with Crippen LogP contribution < -0.4 is 10.6 Å². The van der Waals surface area contributed by atoms with E-state index in [1.807, 2.05) is 0 Å². The van der Waals surface area contributed by atoms with Gasteiger partial charge in [-0.05, 0) is 64.8 Å². The molecule has 0 amide bonds. The highest BCUT2D eigenvalue weighted by molar-refractivity contribution is 4.88. The van der Waals surface area contributed by atoms with Gasteiger partial charge in [0.05, 0.1) is 0 Å². The first-order valence-electron chi connectivity index (χ1n) is 7.10. The lowest BCUT2D eigenvalue weighted by Crippen LogP contribution is -2.50. The Morgan fingerprint density at radius 2 is 2.00 bits per heavy atom. The van der Waals surface area contributed by atoms with Crippen LogP contribution >= 0.6 is 0 Å². The van der Waals surface area contributed by atoms with Gasteiger partial charge < -0.3 is 15.5 Å². The van der Waals surface area contributed by atoms with E-state index < -0.39 is 0 Å². The number of hydrogen-bond acceptors (Lipinski definition) is 3. The molecular formula is C14H31N3. The molecule has 0 radical (unpaired) electrons. The molecule has 1 rings (SSSR count). The zero-order valence-electron chi connectivity index (χ0n) is 12.3. The topological polar surface area (TPSA) is 27.3 Å². The second-order valence-electron chi connectivity index (χ2n) is 5.94. The van der Waals surface area contributed by atoms with Crippen LogP contribution in [0.25, 0.3) is 0 Å². The summed E-state index contributed by atoms with van der Waals surface area (Å²) in [4.78, 5) is 2.48. The summed E-state index contributed by atoms with van der Waals surface area (Å²) in [6, 6.07) is 0.644. The molecule has 1 aliphatic heterocycles. The number of rotatable bonds is 6. The fourth-order valence-corrected chi connectivity index (χ4v) is 3.31. The average Bonchev–Trinajstić information content (AvgIpc) is 2.29. The van der Waals surface area contributed by atoms with Gasteiger partial charge in [0.1, 0.15) is 0 Å². The number of hydrogen-bond donors (Lipinski definition) is 2. The maximum absolute atomic E-state index is 3.59. The van der Waals surface area contributed by atoms with Crippen LogP contribution in [-0.4, -0.2) is 51.7 Å². The molecule has 0 spiro atoms. The van der Waals surface area contributed by atoms with Gasteiger partial charge in [0.25, 0.3) is 0 Å². The standard InChI is InChI=1S/C14H31N3/c1-11(2)13(9-15-3)14(16-4)12-7-6-8-17(5)10-12/h11-16H,6-10H2,1-5H3. The second-order valence-corrected chi connectivity index (χ2v) is 5.94. The Bertz CT molecular complexity index is 206. The largest absolute Gasteiger partial charge is 0.319 e. The first-order chi connectivity index (χ1) is 8.10. The quantitative estimate of drug-likeness (QED) is 0.736. The van der Waals surface area contributed by atoms with Gasteiger partial charge in [-0.3, -0.25) is 0 Å². The molecule has 1 aliphatic rings. The van der Waals surface area contributed by atoms with Crippen LogP contribution in [-0.2, 0) is 0 Å². The number of nitrogens with zero attached hydrogens (tertiary/aromatic N) is 1. The van der Waals surface area contributed by atoms with Crippen LogP contribution in [0.5, 0.6) is 0 Å². The Morgan fingerprint density at radius 3 is 2.47 bits per heavy atom. The highest BCUT2D eigenvalue weighted by atomic mass is 15.1. The van der Waals surface area contributed by atoms with Crippen LogP contribution in [0.1, 0.15) is 26.7 Å². The van der Waals surface area contributed by atoms with Crippen LogP contribution in [0, 0.1) is 17.8 Å². The van der Waals surface area contributed by atoms with Gasteiger partial charge in [0, 0.05) is 12.6 Å². The van der Waals surface area contributed by atoms with E-state index in [2.05, 4.69) is 50.5 Å². The molecule has 0 aromatic carbocycles. The minimum Gasteiger partial charge on any atom is -0.319 e. The van der Waals surface area contributed by atoms with Crippen molar-refractivity contribution in [1.82, 2.24) is 15.5 Å². The third kappa shape index (κ3) is 4.23. The molecule has 1 saturated heterocycles. The van der Waals surface area contributed by atoms with Crippen LogP contribution in [0.15, 0.2) is 0 Å². The van der Waals surface area contributed by atoms with Crippen molar-refractivity contribution < 1.29 is 0 Å². The average molecular weight is 241 g/mol. The summed E-state index contributed by atoms with van der Waals surface area (Å²) in [5.74, 6) is 2.26. The van der Waals surface area contributed by atoms with Crippen molar-refractivity contribution in [1.29, 1.82) is 0 Å². The van der Waals surface area contributed by atoms with E-state index in [1.165, 1.54) is 25.9 Å². The van der Waals surface area contributed by atoms with E-state index >= 15 is 0 Å². The molecule has 1 fully saturated rings. The molecule has 17 heavy (non-hydrogen) atoms. The molecule has 3 unspecified atom stereocenters. The summed E-state index contributed by atoms with van der Waals surface area (Å²) in [6.07, 6.45) is 2.73. The van der Waals surface area contributed by atoms with Crippen molar-refractivity contribution in [2.75, 3.05) is 40.8 Å². The monoisotopic (exact) mass is 241 g/mol. The zero-order valence-corrected chi connectivity index (χ0v) is 12.3. The Labute approximate surface area is 107 Å². The van der Waals surface area contributed by atoms with Gasteiger partial charge >= 0.3 is 0 Å². The minimum atomic E-state index is 0.644. The van der Waals surface area contributed by atoms with E-state index in [0.717, 1.165) is 24.3 Å². The lowest BCUT2D eigenvalue weighted by atomic mass is 9.78. The predicted octanol–water partition coefficient (Wildman–Crippen LogP) is 1.41. The summed E-state index contributed by atoms with van der Waals surface area (Å²) >= 11 is 0. The minimum absolute atomic E-state index is 0.644. The van der Waals surface area contributed by atoms with Crippen LogP contribution in [0.2, 0.25) is 0 Å². The van der Waals surface area contributed by atoms with Gasteiger partial charge in [0.2, 0.25) is 0 Å². The molecule has 102 valence electrons. The van der Waals surface area contributed by atoms with Gasteiger partial charge in [-0.15, -0.1) is 0 Å². The molecule has 0 aliphatic carbocycles. The predicted molar refractivity (Wildman–Crippen MR) is 75.3 cm³/mol.